The number of rotatable bonds is 9. The Hall–Kier alpha value is 0.250. The lowest BCUT2D eigenvalue weighted by Gasteiger charge is -2.25. The van der Waals surface area contributed by atoms with Crippen molar-refractivity contribution in [2.75, 3.05) is 5.88 Å². The van der Waals surface area contributed by atoms with Gasteiger partial charge in [0.2, 0.25) is 0 Å². The van der Waals surface area contributed by atoms with Crippen LogP contribution >= 0.6 is 11.6 Å². The topological polar surface area (TPSA) is 26.0 Å². The lowest BCUT2D eigenvalue weighted by molar-refractivity contribution is 0.399. The maximum Gasteiger partial charge on any atom is 0.0403 e. The minimum atomic E-state index is -0.105. The monoisotopic (exact) mass is 219 g/mol. The van der Waals surface area contributed by atoms with E-state index < -0.39 is 0 Å². The molecular weight excluding hydrogens is 194 g/mol. The molecule has 0 spiro atoms. The summed E-state index contributed by atoms with van der Waals surface area (Å²) in [6, 6.07) is 0. The molecule has 0 aliphatic rings. The van der Waals surface area contributed by atoms with Crippen LogP contribution in [0, 0.1) is 0 Å². The zero-order chi connectivity index (χ0) is 10.9. The molecule has 0 rings (SSSR count). The number of unbranched alkanes of at least 4 members (excludes halogenated alkanes) is 5. The number of halogens is 1. The summed E-state index contributed by atoms with van der Waals surface area (Å²) in [5, 5.41) is 0. The molecule has 0 aromatic rings. The van der Waals surface area contributed by atoms with Crippen LogP contribution in [0.15, 0.2) is 0 Å². The zero-order valence-electron chi connectivity index (χ0n) is 9.82. The molecule has 0 amide bonds. The first-order valence-electron chi connectivity index (χ1n) is 6.03. The summed E-state index contributed by atoms with van der Waals surface area (Å²) in [5.74, 6) is 0.596. The molecule has 0 fully saturated rings. The summed E-state index contributed by atoms with van der Waals surface area (Å²) in [6.45, 7) is 4.37. The molecule has 1 atom stereocenters. The summed E-state index contributed by atoms with van der Waals surface area (Å²) in [7, 11) is 0. The molecular formula is C12H26ClN. The normalized spacial score (nSPS) is 15.4. The van der Waals surface area contributed by atoms with Gasteiger partial charge in [-0.15, -0.1) is 11.6 Å². The standard InChI is InChI=1S/C12H26ClN/c1-3-5-6-7-8-9-10-12(14,4-2)11-13/h3-11,14H2,1-2H3. The first kappa shape index (κ1) is 14.2. The van der Waals surface area contributed by atoms with Crippen LogP contribution in [0.5, 0.6) is 0 Å². The minimum Gasteiger partial charge on any atom is -0.324 e. The van der Waals surface area contributed by atoms with Gasteiger partial charge in [-0.3, -0.25) is 0 Å². The van der Waals surface area contributed by atoms with Gasteiger partial charge in [-0.05, 0) is 12.8 Å². The van der Waals surface area contributed by atoms with Crippen LogP contribution in [0.3, 0.4) is 0 Å². The maximum atomic E-state index is 6.11. The Kier molecular flexibility index (Phi) is 8.70. The second-order valence-electron chi connectivity index (χ2n) is 4.37. The molecule has 0 aromatic carbocycles. The van der Waals surface area contributed by atoms with Crippen LogP contribution in [0.4, 0.5) is 0 Å². The molecule has 86 valence electrons. The van der Waals surface area contributed by atoms with Crippen molar-refractivity contribution in [1.82, 2.24) is 0 Å². The number of hydrogen-bond donors (Lipinski definition) is 1. The van der Waals surface area contributed by atoms with Crippen molar-refractivity contribution < 1.29 is 0 Å². The molecule has 1 unspecified atom stereocenters. The molecule has 0 bridgehead atoms. The van der Waals surface area contributed by atoms with Crippen molar-refractivity contribution in [3.63, 3.8) is 0 Å². The number of alkyl halides is 1. The second-order valence-corrected chi connectivity index (χ2v) is 4.63. The van der Waals surface area contributed by atoms with E-state index in [0.29, 0.717) is 5.88 Å². The highest BCUT2D eigenvalue weighted by Crippen LogP contribution is 2.18. The average molecular weight is 220 g/mol. The molecule has 0 aliphatic heterocycles. The van der Waals surface area contributed by atoms with Gasteiger partial charge in [-0.1, -0.05) is 52.4 Å². The van der Waals surface area contributed by atoms with Crippen LogP contribution in [0.1, 0.15) is 65.2 Å². The Labute approximate surface area is 94.4 Å². The van der Waals surface area contributed by atoms with Crippen molar-refractivity contribution in [2.24, 2.45) is 5.73 Å². The predicted molar refractivity (Wildman–Crippen MR) is 65.9 cm³/mol. The third kappa shape index (κ3) is 6.67. The zero-order valence-corrected chi connectivity index (χ0v) is 10.6. The summed E-state index contributed by atoms with van der Waals surface area (Å²) >= 11 is 5.85. The van der Waals surface area contributed by atoms with Crippen molar-refractivity contribution in [3.8, 4) is 0 Å². The minimum absolute atomic E-state index is 0.105. The smallest absolute Gasteiger partial charge is 0.0403 e. The molecule has 0 aliphatic carbocycles. The third-order valence-electron chi connectivity index (χ3n) is 3.00. The third-order valence-corrected chi connectivity index (χ3v) is 3.53. The van der Waals surface area contributed by atoms with E-state index >= 15 is 0 Å². The SMILES string of the molecule is CCCCCCCCC(N)(CC)CCl. The lowest BCUT2D eigenvalue weighted by atomic mass is 9.92. The van der Waals surface area contributed by atoms with E-state index in [-0.39, 0.29) is 5.54 Å². The van der Waals surface area contributed by atoms with Crippen LogP contribution in [-0.4, -0.2) is 11.4 Å². The van der Waals surface area contributed by atoms with E-state index in [4.69, 9.17) is 17.3 Å². The van der Waals surface area contributed by atoms with Gasteiger partial charge in [-0.25, -0.2) is 0 Å². The average Bonchev–Trinajstić information content (AvgIpc) is 2.23. The first-order valence-corrected chi connectivity index (χ1v) is 6.57. The van der Waals surface area contributed by atoms with Gasteiger partial charge in [0.1, 0.15) is 0 Å². The van der Waals surface area contributed by atoms with Gasteiger partial charge in [0.05, 0.1) is 0 Å². The Bertz CT molecular complexity index is 121. The van der Waals surface area contributed by atoms with E-state index in [0.717, 1.165) is 12.8 Å². The Morgan fingerprint density at radius 1 is 1.00 bits per heavy atom. The van der Waals surface area contributed by atoms with E-state index in [1.165, 1.54) is 38.5 Å². The highest BCUT2D eigenvalue weighted by molar-refractivity contribution is 6.18. The predicted octanol–water partition coefficient (Wildman–Crippen LogP) is 4.08. The molecule has 2 heteroatoms. The van der Waals surface area contributed by atoms with Gasteiger partial charge in [0.25, 0.3) is 0 Å². The van der Waals surface area contributed by atoms with Crippen molar-refractivity contribution in [2.45, 2.75) is 70.8 Å². The Balaban J connectivity index is 3.34. The van der Waals surface area contributed by atoms with Gasteiger partial charge in [0.15, 0.2) is 0 Å². The van der Waals surface area contributed by atoms with Crippen LogP contribution < -0.4 is 5.73 Å². The van der Waals surface area contributed by atoms with Gasteiger partial charge >= 0.3 is 0 Å². The first-order chi connectivity index (χ1) is 6.68. The number of nitrogens with two attached hydrogens (primary N) is 1. The van der Waals surface area contributed by atoms with E-state index in [2.05, 4.69) is 13.8 Å². The fourth-order valence-corrected chi connectivity index (χ4v) is 1.92. The molecule has 14 heavy (non-hydrogen) atoms. The van der Waals surface area contributed by atoms with Crippen molar-refractivity contribution in [1.29, 1.82) is 0 Å². The molecule has 1 nitrogen and oxygen atoms in total. The summed E-state index contributed by atoms with van der Waals surface area (Å²) in [5.41, 5.74) is 6.00. The molecule has 0 radical (unpaired) electrons. The largest absolute Gasteiger partial charge is 0.324 e. The summed E-state index contributed by atoms with van der Waals surface area (Å²) in [4.78, 5) is 0. The van der Waals surface area contributed by atoms with Gasteiger partial charge in [-0.2, -0.15) is 0 Å². The van der Waals surface area contributed by atoms with Crippen LogP contribution in [0.25, 0.3) is 0 Å². The van der Waals surface area contributed by atoms with Crippen LogP contribution in [0.2, 0.25) is 0 Å². The molecule has 2 N–H and O–H groups in total. The fraction of sp³-hybridized carbons (Fsp3) is 1.00. The Morgan fingerprint density at radius 2 is 1.57 bits per heavy atom. The molecule has 0 saturated carbocycles. The highest BCUT2D eigenvalue weighted by atomic mass is 35.5. The summed E-state index contributed by atoms with van der Waals surface area (Å²) < 4.78 is 0. The van der Waals surface area contributed by atoms with E-state index in [1.807, 2.05) is 0 Å². The quantitative estimate of drug-likeness (QED) is 0.459. The lowest BCUT2D eigenvalue weighted by Crippen LogP contribution is -2.40. The molecule has 0 aromatic heterocycles. The van der Waals surface area contributed by atoms with Crippen molar-refractivity contribution in [3.05, 3.63) is 0 Å². The summed E-state index contributed by atoms with van der Waals surface area (Å²) in [6.07, 6.45) is 10.0. The Morgan fingerprint density at radius 3 is 2.07 bits per heavy atom. The molecule has 0 heterocycles. The second kappa shape index (κ2) is 8.55. The number of hydrogen-bond acceptors (Lipinski definition) is 1. The van der Waals surface area contributed by atoms with Gasteiger partial charge < -0.3 is 5.73 Å². The van der Waals surface area contributed by atoms with Crippen LogP contribution in [-0.2, 0) is 0 Å². The maximum absolute atomic E-state index is 6.11. The van der Waals surface area contributed by atoms with E-state index in [1.54, 1.807) is 0 Å². The highest BCUT2D eigenvalue weighted by Gasteiger charge is 2.20. The fourth-order valence-electron chi connectivity index (χ4n) is 1.60. The molecule has 0 saturated heterocycles. The van der Waals surface area contributed by atoms with Crippen molar-refractivity contribution >= 4 is 11.6 Å². The van der Waals surface area contributed by atoms with Gasteiger partial charge in [0, 0.05) is 11.4 Å². The van der Waals surface area contributed by atoms with E-state index in [9.17, 15) is 0 Å².